The number of nitrogens with zero attached hydrogens (tertiary/aromatic N) is 2. The zero-order chi connectivity index (χ0) is 14.4. The molecule has 1 heterocycles. The predicted molar refractivity (Wildman–Crippen MR) is 76.3 cm³/mol. The molecule has 1 atom stereocenters. The minimum atomic E-state index is -0.405. The first-order valence-electron chi connectivity index (χ1n) is 6.57. The Hall–Kier alpha value is -1.62. The fraction of sp³-hybridized carbons (Fsp3) is 0.571. The van der Waals surface area contributed by atoms with Crippen molar-refractivity contribution in [3.8, 4) is 0 Å². The highest BCUT2D eigenvalue weighted by Crippen LogP contribution is 2.15. The third-order valence-electron chi connectivity index (χ3n) is 2.69. The van der Waals surface area contributed by atoms with E-state index in [1.807, 2.05) is 13.8 Å². The first-order valence-corrected chi connectivity index (χ1v) is 6.57. The van der Waals surface area contributed by atoms with Crippen molar-refractivity contribution in [3.05, 3.63) is 23.9 Å². The van der Waals surface area contributed by atoms with Crippen LogP contribution in [0.25, 0.3) is 0 Å². The van der Waals surface area contributed by atoms with E-state index in [-0.39, 0.29) is 11.9 Å². The molecule has 0 fully saturated rings. The Morgan fingerprint density at radius 1 is 1.47 bits per heavy atom. The molecule has 2 N–H and O–H groups in total. The van der Waals surface area contributed by atoms with Crippen LogP contribution in [0.3, 0.4) is 0 Å². The van der Waals surface area contributed by atoms with E-state index in [4.69, 9.17) is 0 Å². The minimum Gasteiger partial charge on any atom is -0.393 e. The van der Waals surface area contributed by atoms with E-state index in [9.17, 15) is 9.90 Å². The Balaban J connectivity index is 2.80. The molecule has 0 aliphatic rings. The summed E-state index contributed by atoms with van der Waals surface area (Å²) in [6.07, 6.45) is 1.82. The molecule has 0 aromatic carbocycles. The summed E-state index contributed by atoms with van der Waals surface area (Å²) in [5, 5.41) is 12.4. The normalized spacial score (nSPS) is 12.3. The summed E-state index contributed by atoms with van der Waals surface area (Å²) >= 11 is 0. The van der Waals surface area contributed by atoms with E-state index in [0.717, 1.165) is 0 Å². The van der Waals surface area contributed by atoms with Crippen LogP contribution in [-0.2, 0) is 0 Å². The van der Waals surface area contributed by atoms with Crippen molar-refractivity contribution in [2.24, 2.45) is 0 Å². The van der Waals surface area contributed by atoms with Crippen molar-refractivity contribution in [2.45, 2.75) is 39.3 Å². The molecule has 5 heteroatoms. The van der Waals surface area contributed by atoms with Gasteiger partial charge >= 0.3 is 0 Å². The molecule has 0 bridgehead atoms. The topological polar surface area (TPSA) is 65.5 Å². The van der Waals surface area contributed by atoms with E-state index < -0.39 is 6.10 Å². The summed E-state index contributed by atoms with van der Waals surface area (Å²) in [4.78, 5) is 18.1. The maximum Gasteiger partial charge on any atom is 0.257 e. The standard InChI is InChI=1S/C14H23N3O2/c1-10(2)16-13-12(6-5-8-15-13)14(19)17(4)9-7-11(3)18/h5-6,8,10-11,18H,7,9H2,1-4H3,(H,15,16). The summed E-state index contributed by atoms with van der Waals surface area (Å²) in [5.74, 6) is 0.517. The number of hydrogen-bond donors (Lipinski definition) is 2. The van der Waals surface area contributed by atoms with Gasteiger partial charge in [-0.2, -0.15) is 0 Å². The highest BCUT2D eigenvalue weighted by atomic mass is 16.3. The number of carbonyl (C=O) groups is 1. The van der Waals surface area contributed by atoms with Crippen molar-refractivity contribution < 1.29 is 9.90 Å². The third-order valence-corrected chi connectivity index (χ3v) is 2.69. The molecule has 0 radical (unpaired) electrons. The average Bonchev–Trinajstić information content (AvgIpc) is 2.35. The van der Waals surface area contributed by atoms with E-state index in [1.165, 1.54) is 0 Å². The molecule has 1 aromatic rings. The van der Waals surface area contributed by atoms with Crippen molar-refractivity contribution in [1.82, 2.24) is 9.88 Å². The summed E-state index contributed by atoms with van der Waals surface area (Å²) < 4.78 is 0. The molecular weight excluding hydrogens is 242 g/mol. The number of aliphatic hydroxyl groups is 1. The summed E-state index contributed by atoms with van der Waals surface area (Å²) in [5.41, 5.74) is 0.560. The molecular formula is C14H23N3O2. The molecule has 1 aromatic heterocycles. The van der Waals surface area contributed by atoms with Gasteiger partial charge in [0.05, 0.1) is 11.7 Å². The first-order chi connectivity index (χ1) is 8.91. The Kier molecular flexibility index (Phi) is 5.76. The first kappa shape index (κ1) is 15.4. The van der Waals surface area contributed by atoms with Crippen molar-refractivity contribution in [2.75, 3.05) is 18.9 Å². The number of anilines is 1. The van der Waals surface area contributed by atoms with Crippen molar-refractivity contribution in [1.29, 1.82) is 0 Å². The van der Waals surface area contributed by atoms with Crippen molar-refractivity contribution >= 4 is 11.7 Å². The van der Waals surface area contributed by atoms with Gasteiger partial charge < -0.3 is 15.3 Å². The van der Waals surface area contributed by atoms with Gasteiger partial charge in [-0.1, -0.05) is 0 Å². The quantitative estimate of drug-likeness (QED) is 0.822. The number of nitrogens with one attached hydrogen (secondary N) is 1. The fourth-order valence-electron chi connectivity index (χ4n) is 1.65. The minimum absolute atomic E-state index is 0.0862. The summed E-state index contributed by atoms with van der Waals surface area (Å²) in [6, 6.07) is 3.73. The molecule has 0 saturated carbocycles. The SMILES string of the molecule is CC(O)CCN(C)C(=O)c1cccnc1NC(C)C. The molecule has 1 rings (SSSR count). The molecule has 0 spiro atoms. The van der Waals surface area contributed by atoms with Gasteiger partial charge in [0, 0.05) is 25.8 Å². The van der Waals surface area contributed by atoms with Crippen LogP contribution < -0.4 is 5.32 Å². The van der Waals surface area contributed by atoms with Crippen LogP contribution >= 0.6 is 0 Å². The highest BCUT2D eigenvalue weighted by Gasteiger charge is 2.17. The van der Waals surface area contributed by atoms with E-state index >= 15 is 0 Å². The maximum atomic E-state index is 12.3. The Morgan fingerprint density at radius 2 is 2.16 bits per heavy atom. The lowest BCUT2D eigenvalue weighted by molar-refractivity contribution is 0.0769. The van der Waals surface area contributed by atoms with Crippen LogP contribution in [0.15, 0.2) is 18.3 Å². The van der Waals surface area contributed by atoms with Gasteiger partial charge in [0.2, 0.25) is 0 Å². The third kappa shape index (κ3) is 4.87. The number of aromatic nitrogens is 1. The maximum absolute atomic E-state index is 12.3. The molecule has 19 heavy (non-hydrogen) atoms. The number of aliphatic hydroxyl groups excluding tert-OH is 1. The van der Waals surface area contributed by atoms with E-state index in [1.54, 1.807) is 37.2 Å². The van der Waals surface area contributed by atoms with Crippen LogP contribution in [0.2, 0.25) is 0 Å². The second-order valence-corrected chi connectivity index (χ2v) is 5.06. The van der Waals surface area contributed by atoms with Crippen LogP contribution in [0, 0.1) is 0 Å². The van der Waals surface area contributed by atoms with Gasteiger partial charge in [-0.05, 0) is 39.3 Å². The molecule has 1 amide bonds. The smallest absolute Gasteiger partial charge is 0.257 e. The van der Waals surface area contributed by atoms with Gasteiger partial charge in [-0.25, -0.2) is 4.98 Å². The Bertz CT molecular complexity index is 419. The molecule has 0 saturated heterocycles. The Labute approximate surface area is 114 Å². The fourth-order valence-corrected chi connectivity index (χ4v) is 1.65. The highest BCUT2D eigenvalue weighted by molar-refractivity contribution is 5.98. The largest absolute Gasteiger partial charge is 0.393 e. The van der Waals surface area contributed by atoms with Gasteiger partial charge in [0.25, 0.3) is 5.91 Å². The van der Waals surface area contributed by atoms with Gasteiger partial charge in [0.15, 0.2) is 0 Å². The van der Waals surface area contributed by atoms with Crippen LogP contribution in [0.1, 0.15) is 37.6 Å². The number of hydrogen-bond acceptors (Lipinski definition) is 4. The molecule has 0 aliphatic carbocycles. The zero-order valence-electron chi connectivity index (χ0n) is 12.1. The van der Waals surface area contributed by atoms with Crippen LogP contribution in [0.4, 0.5) is 5.82 Å². The number of amides is 1. The zero-order valence-corrected chi connectivity index (χ0v) is 12.1. The van der Waals surface area contributed by atoms with Gasteiger partial charge in [0.1, 0.15) is 5.82 Å². The molecule has 106 valence electrons. The Morgan fingerprint density at radius 3 is 2.74 bits per heavy atom. The molecule has 5 nitrogen and oxygen atoms in total. The van der Waals surface area contributed by atoms with E-state index in [0.29, 0.717) is 24.3 Å². The average molecular weight is 265 g/mol. The lowest BCUT2D eigenvalue weighted by atomic mass is 10.2. The van der Waals surface area contributed by atoms with E-state index in [2.05, 4.69) is 10.3 Å². The number of rotatable bonds is 6. The monoisotopic (exact) mass is 265 g/mol. The lowest BCUT2D eigenvalue weighted by Crippen LogP contribution is -2.30. The van der Waals surface area contributed by atoms with Crippen LogP contribution in [0.5, 0.6) is 0 Å². The van der Waals surface area contributed by atoms with Crippen LogP contribution in [-0.4, -0.2) is 46.6 Å². The summed E-state index contributed by atoms with van der Waals surface area (Å²) in [6.45, 7) is 6.24. The predicted octanol–water partition coefficient (Wildman–Crippen LogP) is 1.74. The summed E-state index contributed by atoms with van der Waals surface area (Å²) in [7, 11) is 1.73. The second-order valence-electron chi connectivity index (χ2n) is 5.06. The molecule has 0 aliphatic heterocycles. The number of carbonyl (C=O) groups excluding carboxylic acids is 1. The molecule has 1 unspecified atom stereocenters. The number of pyridine rings is 1. The van der Waals surface area contributed by atoms with Crippen molar-refractivity contribution in [3.63, 3.8) is 0 Å². The lowest BCUT2D eigenvalue weighted by Gasteiger charge is -2.20. The van der Waals surface area contributed by atoms with Gasteiger partial charge in [-0.15, -0.1) is 0 Å². The second kappa shape index (κ2) is 7.09. The van der Waals surface area contributed by atoms with Gasteiger partial charge in [-0.3, -0.25) is 4.79 Å².